The van der Waals surface area contributed by atoms with E-state index in [2.05, 4.69) is 24.7 Å². The summed E-state index contributed by atoms with van der Waals surface area (Å²) in [6, 6.07) is 0. The molecule has 1 saturated heterocycles. The summed E-state index contributed by atoms with van der Waals surface area (Å²) >= 11 is 0. The van der Waals surface area contributed by atoms with Gasteiger partial charge >= 0.3 is 29.2 Å². The van der Waals surface area contributed by atoms with Crippen molar-refractivity contribution in [3.63, 3.8) is 0 Å². The molecule has 2 rings (SSSR count). The number of rotatable bonds is 10. The predicted octanol–water partition coefficient (Wildman–Crippen LogP) is 0.00452. The minimum absolute atomic E-state index is 0.0157. The van der Waals surface area contributed by atoms with Gasteiger partial charge in [0, 0.05) is 18.2 Å². The highest BCUT2D eigenvalue weighted by Gasteiger charge is 2.43. The molecule has 0 aliphatic carbocycles. The van der Waals surface area contributed by atoms with E-state index in [9.17, 15) is 28.2 Å². The van der Waals surface area contributed by atoms with Crippen LogP contribution in [0.2, 0.25) is 0 Å². The molecular formula is C12H19N2O14P3. The number of hydrogen-bond acceptors (Lipinski definition) is 10. The zero-order chi connectivity index (χ0) is 23.6. The van der Waals surface area contributed by atoms with Crippen LogP contribution >= 0.6 is 23.5 Å². The van der Waals surface area contributed by atoms with Gasteiger partial charge in [-0.3, -0.25) is 18.9 Å². The van der Waals surface area contributed by atoms with Crippen molar-refractivity contribution < 1.29 is 55.9 Å². The number of nitrogens with one attached hydrogen (secondary N) is 1. The molecule has 0 spiro atoms. The lowest BCUT2D eigenvalue weighted by atomic mass is 10.2. The Morgan fingerprint density at radius 3 is 2.45 bits per heavy atom. The number of phosphoric acid groups is 3. The van der Waals surface area contributed by atoms with E-state index >= 15 is 0 Å². The summed E-state index contributed by atoms with van der Waals surface area (Å²) in [5.41, 5.74) is -1.17. The maximum Gasteiger partial charge on any atom is 0.490 e. The normalized spacial score (nSPS) is 25.5. The van der Waals surface area contributed by atoms with Crippen LogP contribution in [0.5, 0.6) is 0 Å². The van der Waals surface area contributed by atoms with E-state index in [0.29, 0.717) is 0 Å². The Morgan fingerprint density at radius 1 is 1.23 bits per heavy atom. The van der Waals surface area contributed by atoms with Crippen molar-refractivity contribution in [2.24, 2.45) is 0 Å². The molecule has 5 N–H and O–H groups in total. The second-order valence-electron chi connectivity index (χ2n) is 6.07. The van der Waals surface area contributed by atoms with Gasteiger partial charge in [0.15, 0.2) is 0 Å². The van der Waals surface area contributed by atoms with Crippen LogP contribution in [0, 0.1) is 6.92 Å². The quantitative estimate of drug-likeness (QED) is 0.207. The minimum Gasteiger partial charge on any atom is -0.496 e. The average Bonchev–Trinajstić information content (AvgIpc) is 2.96. The lowest BCUT2D eigenvalue weighted by Crippen LogP contribution is -2.33. The Morgan fingerprint density at radius 2 is 1.87 bits per heavy atom. The topological polar surface area (TPSA) is 233 Å². The maximum atomic E-state index is 12.0. The largest absolute Gasteiger partial charge is 0.496 e. The molecule has 1 fully saturated rings. The van der Waals surface area contributed by atoms with Gasteiger partial charge in [-0.05, 0) is 6.92 Å². The molecule has 0 saturated carbocycles. The second-order valence-corrected chi connectivity index (χ2v) is 10.5. The summed E-state index contributed by atoms with van der Waals surface area (Å²) in [4.78, 5) is 61.4. The number of aromatic amines is 1. The lowest BCUT2D eigenvalue weighted by Gasteiger charge is -2.20. The molecular weight excluding hydrogens is 489 g/mol. The molecule has 19 heteroatoms. The van der Waals surface area contributed by atoms with Crippen LogP contribution in [0.25, 0.3) is 0 Å². The summed E-state index contributed by atoms with van der Waals surface area (Å²) in [7, 11) is -16.6. The first-order valence-corrected chi connectivity index (χ1v) is 12.7. The second kappa shape index (κ2) is 9.61. The van der Waals surface area contributed by atoms with Crippen molar-refractivity contribution >= 4 is 23.5 Å². The predicted molar refractivity (Wildman–Crippen MR) is 99.5 cm³/mol. The molecule has 5 atom stereocenters. The number of H-pyrrole nitrogens is 1. The van der Waals surface area contributed by atoms with E-state index in [-0.39, 0.29) is 12.0 Å². The van der Waals surface area contributed by atoms with Gasteiger partial charge in [0.25, 0.3) is 5.56 Å². The van der Waals surface area contributed by atoms with Crippen molar-refractivity contribution in [1.29, 1.82) is 0 Å². The fourth-order valence-electron chi connectivity index (χ4n) is 2.56. The van der Waals surface area contributed by atoms with Crippen LogP contribution in [-0.4, -0.2) is 47.9 Å². The number of aryl methyl sites for hydroxylation is 1. The molecule has 16 nitrogen and oxygen atoms in total. The number of hydrogen-bond donors (Lipinski definition) is 5. The summed E-state index contributed by atoms with van der Waals surface area (Å²) in [6.45, 7) is 4.04. The molecule has 2 heterocycles. The highest BCUT2D eigenvalue weighted by atomic mass is 31.3. The molecule has 31 heavy (non-hydrogen) atoms. The number of ether oxygens (including phenoxy) is 2. The fraction of sp³-hybridized carbons (Fsp3) is 0.500. The monoisotopic (exact) mass is 508 g/mol. The highest BCUT2D eigenvalue weighted by Crippen LogP contribution is 2.66. The van der Waals surface area contributed by atoms with Crippen LogP contribution in [0.1, 0.15) is 18.2 Å². The molecule has 0 radical (unpaired) electrons. The highest BCUT2D eigenvalue weighted by molar-refractivity contribution is 7.66. The Labute approximate surface area is 173 Å². The van der Waals surface area contributed by atoms with Gasteiger partial charge in [0.05, 0.1) is 12.9 Å². The van der Waals surface area contributed by atoms with Crippen molar-refractivity contribution in [2.45, 2.75) is 31.8 Å². The van der Waals surface area contributed by atoms with E-state index in [1.807, 2.05) is 0 Å². The third kappa shape index (κ3) is 7.59. The number of phosphoric ester groups is 1. The van der Waals surface area contributed by atoms with Crippen LogP contribution in [0.15, 0.2) is 28.6 Å². The summed E-state index contributed by atoms with van der Waals surface area (Å²) < 4.78 is 57.5. The Balaban J connectivity index is 2.12. The number of nitrogens with zero attached hydrogens (tertiary/aromatic N) is 1. The molecule has 0 aromatic carbocycles. The fourth-order valence-corrected chi connectivity index (χ4v) is 5.59. The first-order valence-electron chi connectivity index (χ1n) is 8.15. The standard InChI is InChI=1S/C12H19N2O14P3/c1-3-24-8-4-10(14-5-7(2)11(15)13-12(14)16)26-9(8)6-25-30(20,21)28-31(22,23)27-29(17,18)19/h3,5,8-10H,1,4,6H2,2H3,(H,20,21)(H,22,23)(H,13,15,16)(H2,17,18,19)/t8?,9-,10?/m1/s1. The van der Waals surface area contributed by atoms with E-state index in [1.165, 1.54) is 13.1 Å². The van der Waals surface area contributed by atoms with E-state index < -0.39 is 59.8 Å². The van der Waals surface area contributed by atoms with Gasteiger partial charge in [-0.2, -0.15) is 8.62 Å². The minimum atomic E-state index is -5.67. The van der Waals surface area contributed by atoms with Crippen LogP contribution in [0.3, 0.4) is 0 Å². The average molecular weight is 508 g/mol. The van der Waals surface area contributed by atoms with Gasteiger partial charge in [-0.15, -0.1) is 0 Å². The molecule has 1 aromatic heterocycles. The van der Waals surface area contributed by atoms with Crippen LogP contribution in [0.4, 0.5) is 0 Å². The van der Waals surface area contributed by atoms with Crippen LogP contribution < -0.4 is 11.2 Å². The smallest absolute Gasteiger partial charge is 0.490 e. The third-order valence-electron chi connectivity index (χ3n) is 3.73. The molecule has 1 aromatic rings. The van der Waals surface area contributed by atoms with Gasteiger partial charge < -0.3 is 29.0 Å². The molecule has 4 unspecified atom stereocenters. The van der Waals surface area contributed by atoms with Crippen molar-refractivity contribution in [1.82, 2.24) is 9.55 Å². The first kappa shape index (κ1) is 25.8. The molecule has 1 aliphatic heterocycles. The van der Waals surface area contributed by atoms with E-state index in [1.54, 1.807) is 0 Å². The van der Waals surface area contributed by atoms with Gasteiger partial charge in [-0.25, -0.2) is 18.5 Å². The molecule has 0 amide bonds. The maximum absolute atomic E-state index is 12.0. The van der Waals surface area contributed by atoms with Gasteiger partial charge in [-0.1, -0.05) is 6.58 Å². The van der Waals surface area contributed by atoms with Gasteiger partial charge in [0.1, 0.15) is 18.4 Å². The van der Waals surface area contributed by atoms with Gasteiger partial charge in [0.2, 0.25) is 0 Å². The number of aromatic nitrogens is 2. The van der Waals surface area contributed by atoms with E-state index in [4.69, 9.17) is 24.2 Å². The molecule has 0 bridgehead atoms. The van der Waals surface area contributed by atoms with Crippen molar-refractivity contribution in [2.75, 3.05) is 6.61 Å². The summed E-state index contributed by atoms with van der Waals surface area (Å²) in [5.74, 6) is 0. The Bertz CT molecular complexity index is 1080. The Kier molecular flexibility index (Phi) is 8.01. The first-order chi connectivity index (χ1) is 14.1. The molecule has 1 aliphatic rings. The van der Waals surface area contributed by atoms with Crippen molar-refractivity contribution in [3.8, 4) is 0 Å². The summed E-state index contributed by atoms with van der Waals surface area (Å²) in [5, 5.41) is 0. The SMILES string of the molecule is C=COC1CC(n2cc(C)c(=O)[nH]c2=O)O[C@@H]1COP(=O)(O)OP(=O)(O)OP(=O)(O)O. The molecule has 176 valence electrons. The third-order valence-corrected chi connectivity index (χ3v) is 7.53. The van der Waals surface area contributed by atoms with Crippen molar-refractivity contribution in [3.05, 3.63) is 45.4 Å². The summed E-state index contributed by atoms with van der Waals surface area (Å²) in [6.07, 6.45) is -0.693. The lowest BCUT2D eigenvalue weighted by molar-refractivity contribution is -0.0471. The van der Waals surface area contributed by atoms with E-state index in [0.717, 1.165) is 10.8 Å². The van der Waals surface area contributed by atoms with Crippen LogP contribution in [-0.2, 0) is 36.3 Å². The zero-order valence-electron chi connectivity index (χ0n) is 15.7. The zero-order valence-corrected chi connectivity index (χ0v) is 18.4. The Hall–Kier alpha value is -1.41.